The van der Waals surface area contributed by atoms with Gasteiger partial charge in [-0.2, -0.15) is 5.10 Å². The Morgan fingerprint density at radius 3 is 2.31 bits per heavy atom. The van der Waals surface area contributed by atoms with Crippen LogP contribution in [0.3, 0.4) is 0 Å². The zero-order valence-electron chi connectivity index (χ0n) is 17.9. The van der Waals surface area contributed by atoms with E-state index in [0.717, 1.165) is 22.6 Å². The lowest BCUT2D eigenvalue weighted by atomic mass is 10.2. The van der Waals surface area contributed by atoms with Crippen LogP contribution in [-0.4, -0.2) is 34.2 Å². The number of esters is 1. The molecule has 0 aliphatic carbocycles. The number of nitrogens with one attached hydrogen (secondary N) is 1. The van der Waals surface area contributed by atoms with Gasteiger partial charge >= 0.3 is 5.97 Å². The van der Waals surface area contributed by atoms with Crippen LogP contribution >= 0.6 is 0 Å². The van der Waals surface area contributed by atoms with Crippen molar-refractivity contribution >= 4 is 23.8 Å². The molecular formula is C23H22N4O5. The number of nitro benzene ring substituents is 1. The molecule has 3 aromatic rings. The topological polar surface area (TPSA) is 116 Å². The number of ether oxygens (including phenoxy) is 1. The third-order valence-corrected chi connectivity index (χ3v) is 4.82. The van der Waals surface area contributed by atoms with Gasteiger partial charge in [0.25, 0.3) is 11.6 Å². The fourth-order valence-corrected chi connectivity index (χ4v) is 3.24. The summed E-state index contributed by atoms with van der Waals surface area (Å²) in [6.07, 6.45) is 1.54. The molecule has 0 saturated heterocycles. The standard InChI is InChI=1S/C23H22N4O5/c1-4-32-23(29)18-7-9-20(10-8-18)26-15(2)13-19(16(26)3)14-24-25-22(28)17-5-11-21(12-6-17)27(30)31/h5-14H,4H2,1-3H3,(H,25,28)/b24-14-. The number of benzene rings is 2. The Hall–Kier alpha value is -4.27. The van der Waals surface area contributed by atoms with Crippen molar-refractivity contribution in [1.29, 1.82) is 0 Å². The summed E-state index contributed by atoms with van der Waals surface area (Å²) < 4.78 is 7.02. The molecule has 32 heavy (non-hydrogen) atoms. The first-order chi connectivity index (χ1) is 15.3. The van der Waals surface area contributed by atoms with E-state index >= 15 is 0 Å². The lowest BCUT2D eigenvalue weighted by Crippen LogP contribution is -2.17. The Balaban J connectivity index is 1.73. The third kappa shape index (κ3) is 4.89. The minimum Gasteiger partial charge on any atom is -0.462 e. The Labute approximate surface area is 184 Å². The second-order valence-electron chi connectivity index (χ2n) is 6.93. The van der Waals surface area contributed by atoms with Crippen LogP contribution in [0.2, 0.25) is 0 Å². The van der Waals surface area contributed by atoms with E-state index in [-0.39, 0.29) is 17.2 Å². The number of nitrogens with zero attached hydrogens (tertiary/aromatic N) is 3. The van der Waals surface area contributed by atoms with Gasteiger partial charge in [-0.3, -0.25) is 14.9 Å². The number of hydrogen-bond acceptors (Lipinski definition) is 6. The average Bonchev–Trinajstić information content (AvgIpc) is 3.07. The molecule has 9 nitrogen and oxygen atoms in total. The summed E-state index contributed by atoms with van der Waals surface area (Å²) in [5, 5.41) is 14.7. The largest absolute Gasteiger partial charge is 0.462 e. The number of aromatic nitrogens is 1. The molecule has 0 bridgehead atoms. The van der Waals surface area contributed by atoms with Crippen molar-refractivity contribution < 1.29 is 19.2 Å². The summed E-state index contributed by atoms with van der Waals surface area (Å²) >= 11 is 0. The highest BCUT2D eigenvalue weighted by atomic mass is 16.6. The summed E-state index contributed by atoms with van der Waals surface area (Å²) in [6, 6.07) is 14.3. The van der Waals surface area contributed by atoms with E-state index in [1.165, 1.54) is 30.5 Å². The van der Waals surface area contributed by atoms with Crippen molar-refractivity contribution in [3.05, 3.63) is 92.8 Å². The van der Waals surface area contributed by atoms with Gasteiger partial charge < -0.3 is 9.30 Å². The minimum atomic E-state index is -0.528. The molecule has 0 spiro atoms. The number of hydrazone groups is 1. The molecule has 0 aliphatic heterocycles. The van der Waals surface area contributed by atoms with Gasteiger partial charge in [-0.05, 0) is 63.2 Å². The van der Waals surface area contributed by atoms with E-state index in [1.54, 1.807) is 19.1 Å². The van der Waals surface area contributed by atoms with Crippen LogP contribution in [0.15, 0.2) is 59.7 Å². The number of carbonyl (C=O) groups is 2. The average molecular weight is 434 g/mol. The predicted octanol–water partition coefficient (Wildman–Crippen LogP) is 3.94. The van der Waals surface area contributed by atoms with Gasteiger partial charge in [0.05, 0.1) is 23.3 Å². The van der Waals surface area contributed by atoms with E-state index in [9.17, 15) is 19.7 Å². The van der Waals surface area contributed by atoms with Crippen LogP contribution in [0, 0.1) is 24.0 Å². The van der Waals surface area contributed by atoms with E-state index < -0.39 is 10.8 Å². The number of carbonyl (C=O) groups excluding carboxylic acids is 2. The second kappa shape index (κ2) is 9.69. The van der Waals surface area contributed by atoms with Gasteiger partial charge in [0.1, 0.15) is 0 Å². The Kier molecular flexibility index (Phi) is 6.79. The Bertz CT molecular complexity index is 1180. The van der Waals surface area contributed by atoms with E-state index in [2.05, 4.69) is 10.5 Å². The van der Waals surface area contributed by atoms with Crippen LogP contribution in [0.1, 0.15) is 44.6 Å². The highest BCUT2D eigenvalue weighted by molar-refractivity contribution is 5.95. The van der Waals surface area contributed by atoms with Crippen LogP contribution in [0.4, 0.5) is 5.69 Å². The van der Waals surface area contributed by atoms with Crippen molar-refractivity contribution in [2.45, 2.75) is 20.8 Å². The summed E-state index contributed by atoms with van der Waals surface area (Å²) in [7, 11) is 0. The highest BCUT2D eigenvalue weighted by Gasteiger charge is 2.12. The number of hydrogen-bond donors (Lipinski definition) is 1. The first-order valence-electron chi connectivity index (χ1n) is 9.86. The van der Waals surface area contributed by atoms with Crippen LogP contribution < -0.4 is 5.43 Å². The quantitative estimate of drug-likeness (QED) is 0.262. The first-order valence-corrected chi connectivity index (χ1v) is 9.86. The molecule has 1 aromatic heterocycles. The maximum atomic E-state index is 12.2. The zero-order chi connectivity index (χ0) is 23.3. The number of rotatable bonds is 7. The third-order valence-electron chi connectivity index (χ3n) is 4.82. The smallest absolute Gasteiger partial charge is 0.338 e. The van der Waals surface area contributed by atoms with Crippen molar-refractivity contribution in [3.63, 3.8) is 0 Å². The number of non-ortho nitro benzene ring substituents is 1. The van der Waals surface area contributed by atoms with E-state index in [0.29, 0.717) is 12.2 Å². The molecule has 1 heterocycles. The predicted molar refractivity (Wildman–Crippen MR) is 119 cm³/mol. The normalized spacial score (nSPS) is 10.8. The maximum Gasteiger partial charge on any atom is 0.338 e. The molecule has 9 heteroatoms. The second-order valence-corrected chi connectivity index (χ2v) is 6.93. The molecule has 1 amide bonds. The molecule has 3 rings (SSSR count). The van der Waals surface area contributed by atoms with Crippen molar-refractivity contribution in [1.82, 2.24) is 9.99 Å². The van der Waals surface area contributed by atoms with E-state index in [1.807, 2.05) is 36.6 Å². The molecule has 0 aliphatic rings. The van der Waals surface area contributed by atoms with Crippen LogP contribution in [0.25, 0.3) is 5.69 Å². The zero-order valence-corrected chi connectivity index (χ0v) is 17.9. The highest BCUT2D eigenvalue weighted by Crippen LogP contribution is 2.20. The Morgan fingerprint density at radius 1 is 1.09 bits per heavy atom. The summed E-state index contributed by atoms with van der Waals surface area (Å²) in [4.78, 5) is 34.2. The van der Waals surface area contributed by atoms with Gasteiger partial charge in [-0.1, -0.05) is 0 Å². The molecule has 0 radical (unpaired) electrons. The van der Waals surface area contributed by atoms with E-state index in [4.69, 9.17) is 4.74 Å². The lowest BCUT2D eigenvalue weighted by molar-refractivity contribution is -0.384. The monoisotopic (exact) mass is 434 g/mol. The summed E-state index contributed by atoms with van der Waals surface area (Å²) in [6.45, 7) is 5.95. The van der Waals surface area contributed by atoms with Crippen LogP contribution in [0.5, 0.6) is 0 Å². The number of aryl methyl sites for hydroxylation is 1. The molecule has 0 unspecified atom stereocenters. The number of amides is 1. The fourth-order valence-electron chi connectivity index (χ4n) is 3.24. The van der Waals surface area contributed by atoms with Gasteiger partial charge in [0.2, 0.25) is 0 Å². The number of nitro groups is 1. The molecule has 2 aromatic carbocycles. The lowest BCUT2D eigenvalue weighted by Gasteiger charge is -2.10. The van der Waals surface area contributed by atoms with Crippen molar-refractivity contribution in [3.8, 4) is 5.69 Å². The summed E-state index contributed by atoms with van der Waals surface area (Å²) in [5.74, 6) is -0.837. The molecule has 0 atom stereocenters. The molecule has 164 valence electrons. The molecular weight excluding hydrogens is 412 g/mol. The Morgan fingerprint density at radius 2 is 1.72 bits per heavy atom. The van der Waals surface area contributed by atoms with Gasteiger partial charge in [0, 0.05) is 40.3 Å². The minimum absolute atomic E-state index is 0.0900. The first kappa shape index (κ1) is 22.4. The summed E-state index contributed by atoms with van der Waals surface area (Å²) in [5.41, 5.74) is 6.62. The molecule has 1 N–H and O–H groups in total. The van der Waals surface area contributed by atoms with Gasteiger partial charge in [-0.15, -0.1) is 0 Å². The molecule has 0 fully saturated rings. The fraction of sp³-hybridized carbons (Fsp3) is 0.174. The SMILES string of the molecule is CCOC(=O)c1ccc(-n2c(C)cc(/C=N\NC(=O)c3ccc([N+](=O)[O-])cc3)c2C)cc1. The van der Waals surface area contributed by atoms with Crippen LogP contribution in [-0.2, 0) is 4.74 Å². The van der Waals surface area contributed by atoms with Crippen molar-refractivity contribution in [2.75, 3.05) is 6.61 Å². The van der Waals surface area contributed by atoms with Gasteiger partial charge in [0.15, 0.2) is 0 Å². The van der Waals surface area contributed by atoms with Crippen molar-refractivity contribution in [2.24, 2.45) is 5.10 Å². The van der Waals surface area contributed by atoms with Gasteiger partial charge in [-0.25, -0.2) is 10.2 Å². The molecule has 0 saturated carbocycles. The maximum absolute atomic E-state index is 12.2.